The van der Waals surface area contributed by atoms with Crippen LogP contribution in [0.1, 0.15) is 51.9 Å². The summed E-state index contributed by atoms with van der Waals surface area (Å²) in [4.78, 5) is 0. The number of nitrogens with one attached hydrogen (secondary N) is 1. The Morgan fingerprint density at radius 2 is 1.76 bits per heavy atom. The summed E-state index contributed by atoms with van der Waals surface area (Å²) in [6.45, 7) is 5.68. The quantitative estimate of drug-likeness (QED) is 0.574. The summed E-state index contributed by atoms with van der Waals surface area (Å²) in [7, 11) is 0. The molecule has 0 spiro atoms. The second-order valence-corrected chi connectivity index (χ2v) is 6.37. The van der Waals surface area contributed by atoms with E-state index in [1.807, 2.05) is 0 Å². The fraction of sp³-hybridized carbons (Fsp3) is 1.00. The van der Waals surface area contributed by atoms with Gasteiger partial charge < -0.3 is 11.1 Å². The lowest BCUT2D eigenvalue weighted by Gasteiger charge is -2.16. The van der Waals surface area contributed by atoms with Gasteiger partial charge in [0, 0.05) is 0 Å². The molecule has 2 fully saturated rings. The van der Waals surface area contributed by atoms with Crippen molar-refractivity contribution >= 4 is 0 Å². The molecular formula is C15H30N2. The summed E-state index contributed by atoms with van der Waals surface area (Å²) >= 11 is 0. The van der Waals surface area contributed by atoms with Crippen LogP contribution in [0.4, 0.5) is 0 Å². The van der Waals surface area contributed by atoms with Crippen LogP contribution in [-0.2, 0) is 0 Å². The Morgan fingerprint density at radius 3 is 2.29 bits per heavy atom. The Bertz CT molecular complexity index is 197. The molecule has 0 saturated heterocycles. The van der Waals surface area contributed by atoms with Crippen molar-refractivity contribution in [3.05, 3.63) is 0 Å². The molecule has 2 aliphatic carbocycles. The van der Waals surface area contributed by atoms with Gasteiger partial charge in [0.25, 0.3) is 0 Å². The van der Waals surface area contributed by atoms with Crippen LogP contribution in [0.3, 0.4) is 0 Å². The monoisotopic (exact) mass is 238 g/mol. The third-order valence-electron chi connectivity index (χ3n) is 4.54. The molecule has 0 radical (unpaired) electrons. The molecule has 2 rings (SSSR count). The molecule has 0 aliphatic heterocycles. The smallest absolute Gasteiger partial charge is 0.00152 e. The minimum Gasteiger partial charge on any atom is -0.330 e. The van der Waals surface area contributed by atoms with E-state index in [9.17, 15) is 0 Å². The second-order valence-electron chi connectivity index (χ2n) is 6.37. The summed E-state index contributed by atoms with van der Waals surface area (Å²) in [6.07, 6.45) is 9.89. The second kappa shape index (κ2) is 6.75. The Kier molecular flexibility index (Phi) is 5.30. The van der Waals surface area contributed by atoms with Gasteiger partial charge in [-0.2, -0.15) is 0 Å². The van der Waals surface area contributed by atoms with Gasteiger partial charge in [0.2, 0.25) is 0 Å². The van der Waals surface area contributed by atoms with E-state index in [1.54, 1.807) is 0 Å². The maximum absolute atomic E-state index is 5.56. The molecule has 2 heteroatoms. The van der Waals surface area contributed by atoms with Gasteiger partial charge in [0.1, 0.15) is 0 Å². The first-order valence-corrected chi connectivity index (χ1v) is 7.72. The summed E-state index contributed by atoms with van der Waals surface area (Å²) in [5.74, 6) is 4.01. The Labute approximate surface area is 107 Å². The van der Waals surface area contributed by atoms with Crippen LogP contribution in [0.25, 0.3) is 0 Å². The van der Waals surface area contributed by atoms with Crippen LogP contribution in [0.2, 0.25) is 0 Å². The minimum absolute atomic E-state index is 0.810. The van der Waals surface area contributed by atoms with Crippen LogP contribution in [-0.4, -0.2) is 19.6 Å². The van der Waals surface area contributed by atoms with Gasteiger partial charge in [-0.25, -0.2) is 0 Å². The van der Waals surface area contributed by atoms with Crippen LogP contribution in [0, 0.1) is 23.7 Å². The summed E-state index contributed by atoms with van der Waals surface area (Å²) < 4.78 is 0. The number of rotatable bonds is 10. The molecule has 0 amide bonds. The molecule has 0 aromatic rings. The average Bonchev–Trinajstić information content (AvgIpc) is 3.16. The van der Waals surface area contributed by atoms with Crippen molar-refractivity contribution < 1.29 is 0 Å². The van der Waals surface area contributed by atoms with Gasteiger partial charge in [-0.3, -0.25) is 0 Å². The van der Waals surface area contributed by atoms with Crippen molar-refractivity contribution in [2.75, 3.05) is 19.6 Å². The third-order valence-corrected chi connectivity index (χ3v) is 4.54. The minimum atomic E-state index is 0.810. The fourth-order valence-corrected chi connectivity index (χ4v) is 3.04. The van der Waals surface area contributed by atoms with E-state index < -0.39 is 0 Å². The fourth-order valence-electron chi connectivity index (χ4n) is 3.04. The average molecular weight is 238 g/mol. The summed E-state index contributed by atoms with van der Waals surface area (Å²) in [5.41, 5.74) is 5.56. The highest BCUT2D eigenvalue weighted by Crippen LogP contribution is 2.48. The lowest BCUT2D eigenvalue weighted by atomic mass is 9.97. The molecule has 0 aromatic carbocycles. The van der Waals surface area contributed by atoms with Gasteiger partial charge in [-0.15, -0.1) is 0 Å². The zero-order chi connectivity index (χ0) is 12.1. The highest BCUT2D eigenvalue weighted by Gasteiger charge is 2.40. The Morgan fingerprint density at radius 1 is 1.12 bits per heavy atom. The summed E-state index contributed by atoms with van der Waals surface area (Å²) in [6, 6.07) is 0. The zero-order valence-electron chi connectivity index (χ0n) is 11.5. The normalized spacial score (nSPS) is 22.1. The summed E-state index contributed by atoms with van der Waals surface area (Å²) in [5, 5.41) is 3.69. The van der Waals surface area contributed by atoms with Gasteiger partial charge in [0.05, 0.1) is 0 Å². The number of hydrogen-bond donors (Lipinski definition) is 2. The van der Waals surface area contributed by atoms with Gasteiger partial charge >= 0.3 is 0 Å². The number of nitrogens with two attached hydrogens (primary N) is 1. The first-order valence-electron chi connectivity index (χ1n) is 7.72. The molecule has 2 nitrogen and oxygen atoms in total. The van der Waals surface area contributed by atoms with Crippen molar-refractivity contribution in [1.29, 1.82) is 0 Å². The van der Waals surface area contributed by atoms with Crippen LogP contribution >= 0.6 is 0 Å². The Hall–Kier alpha value is -0.0800. The zero-order valence-corrected chi connectivity index (χ0v) is 11.5. The van der Waals surface area contributed by atoms with Gasteiger partial charge in [-0.05, 0) is 88.3 Å². The molecule has 3 N–H and O–H groups in total. The molecule has 0 bridgehead atoms. The molecule has 2 aliphatic rings. The lowest BCUT2D eigenvalue weighted by molar-refractivity contribution is 0.372. The number of hydrogen-bond acceptors (Lipinski definition) is 2. The largest absolute Gasteiger partial charge is 0.330 e. The van der Waals surface area contributed by atoms with E-state index >= 15 is 0 Å². The molecule has 17 heavy (non-hydrogen) atoms. The molecule has 100 valence electrons. The maximum atomic E-state index is 5.56. The van der Waals surface area contributed by atoms with Crippen molar-refractivity contribution in [3.8, 4) is 0 Å². The molecule has 1 unspecified atom stereocenters. The molecule has 0 heterocycles. The van der Waals surface area contributed by atoms with E-state index in [0.29, 0.717) is 0 Å². The predicted octanol–water partition coefficient (Wildman–Crippen LogP) is 2.78. The van der Waals surface area contributed by atoms with E-state index in [1.165, 1.54) is 58.0 Å². The van der Waals surface area contributed by atoms with Crippen LogP contribution < -0.4 is 11.1 Å². The lowest BCUT2D eigenvalue weighted by Crippen LogP contribution is -2.26. The van der Waals surface area contributed by atoms with Crippen LogP contribution in [0.5, 0.6) is 0 Å². The van der Waals surface area contributed by atoms with Crippen molar-refractivity contribution in [3.63, 3.8) is 0 Å². The van der Waals surface area contributed by atoms with Crippen LogP contribution in [0.15, 0.2) is 0 Å². The molecule has 2 saturated carbocycles. The Balaban J connectivity index is 1.47. The highest BCUT2D eigenvalue weighted by molar-refractivity contribution is 4.92. The van der Waals surface area contributed by atoms with E-state index in [4.69, 9.17) is 5.73 Å². The SMILES string of the molecule is CC(CCN)CCCNCC(C1CC1)C1CC1. The third kappa shape index (κ3) is 4.97. The predicted molar refractivity (Wildman–Crippen MR) is 73.9 cm³/mol. The first-order chi connectivity index (χ1) is 8.31. The van der Waals surface area contributed by atoms with Crippen molar-refractivity contribution in [2.24, 2.45) is 29.4 Å². The van der Waals surface area contributed by atoms with E-state index in [0.717, 1.165) is 30.2 Å². The van der Waals surface area contributed by atoms with E-state index in [-0.39, 0.29) is 0 Å². The molecular weight excluding hydrogens is 208 g/mol. The molecule has 1 atom stereocenters. The van der Waals surface area contributed by atoms with Gasteiger partial charge in [0.15, 0.2) is 0 Å². The maximum Gasteiger partial charge on any atom is -0.00152 e. The first kappa shape index (κ1) is 13.4. The van der Waals surface area contributed by atoms with Crippen molar-refractivity contribution in [2.45, 2.75) is 51.9 Å². The van der Waals surface area contributed by atoms with Crippen molar-refractivity contribution in [1.82, 2.24) is 5.32 Å². The van der Waals surface area contributed by atoms with E-state index in [2.05, 4.69) is 12.2 Å². The van der Waals surface area contributed by atoms with Gasteiger partial charge in [-0.1, -0.05) is 6.92 Å². The molecule has 0 aromatic heterocycles. The standard InChI is InChI=1S/C15H30N2/c1-12(8-9-16)3-2-10-17-11-15(13-4-5-13)14-6-7-14/h12-15,17H,2-11,16H2,1H3. The topological polar surface area (TPSA) is 38.0 Å². The highest BCUT2D eigenvalue weighted by atomic mass is 14.9.